The monoisotopic (exact) mass is 458 g/mol. The van der Waals surface area contributed by atoms with Crippen molar-refractivity contribution in [1.82, 2.24) is 20.2 Å². The first kappa shape index (κ1) is 22.8. The Bertz CT molecular complexity index is 1350. The molecular weight excluding hydrogens is 432 g/mol. The van der Waals surface area contributed by atoms with Crippen molar-refractivity contribution < 1.29 is 19.1 Å². The molecule has 0 aliphatic heterocycles. The number of carbonyl (C=O) groups excluding carboxylic acids is 2. The molecule has 2 N–H and O–H groups in total. The number of hydrazine groups is 1. The van der Waals surface area contributed by atoms with Gasteiger partial charge in [-0.2, -0.15) is 0 Å². The van der Waals surface area contributed by atoms with E-state index < -0.39 is 11.8 Å². The van der Waals surface area contributed by atoms with Gasteiger partial charge in [-0.05, 0) is 61.7 Å². The van der Waals surface area contributed by atoms with E-state index in [2.05, 4.69) is 15.8 Å². The maximum absolute atomic E-state index is 12.7. The number of aryl methyl sites for hydroxylation is 3. The summed E-state index contributed by atoms with van der Waals surface area (Å²) in [7, 11) is 0. The third-order valence-electron chi connectivity index (χ3n) is 5.25. The molecule has 0 saturated carbocycles. The number of carbonyl (C=O) groups is 2. The lowest BCUT2D eigenvalue weighted by molar-refractivity contribution is -0.123. The lowest BCUT2D eigenvalue weighted by Crippen LogP contribution is -2.44. The summed E-state index contributed by atoms with van der Waals surface area (Å²) < 4.78 is 13.4. The van der Waals surface area contributed by atoms with Gasteiger partial charge in [-0.25, -0.2) is 4.98 Å². The first-order chi connectivity index (χ1) is 16.4. The van der Waals surface area contributed by atoms with Gasteiger partial charge in [0, 0.05) is 12.4 Å². The van der Waals surface area contributed by atoms with E-state index in [1.54, 1.807) is 24.3 Å². The number of nitrogens with zero attached hydrogens (tertiary/aromatic N) is 2. The number of rotatable bonds is 7. The Morgan fingerprint density at radius 3 is 2.56 bits per heavy atom. The summed E-state index contributed by atoms with van der Waals surface area (Å²) >= 11 is 0. The molecular formula is C26H26N4O4. The molecule has 0 unspecified atom stereocenters. The molecule has 174 valence electrons. The summed E-state index contributed by atoms with van der Waals surface area (Å²) in [6.07, 6.45) is 3.81. The topological polar surface area (TPSA) is 94.0 Å². The van der Waals surface area contributed by atoms with Gasteiger partial charge in [-0.3, -0.25) is 20.4 Å². The minimum atomic E-state index is -0.499. The third-order valence-corrected chi connectivity index (χ3v) is 5.25. The molecule has 0 fully saturated rings. The molecule has 8 heteroatoms. The van der Waals surface area contributed by atoms with Crippen LogP contribution in [-0.4, -0.2) is 27.8 Å². The van der Waals surface area contributed by atoms with E-state index in [1.807, 2.05) is 67.9 Å². The normalized spacial score (nSPS) is 10.7. The number of imidazole rings is 1. The quantitative estimate of drug-likeness (QED) is 0.412. The van der Waals surface area contributed by atoms with Crippen LogP contribution in [0.3, 0.4) is 0 Å². The van der Waals surface area contributed by atoms with Gasteiger partial charge in [0.2, 0.25) is 0 Å². The maximum Gasteiger partial charge on any atom is 0.276 e. The lowest BCUT2D eigenvalue weighted by Gasteiger charge is -2.13. The van der Waals surface area contributed by atoms with E-state index in [4.69, 9.17) is 9.47 Å². The van der Waals surface area contributed by atoms with Gasteiger partial charge in [0.15, 0.2) is 6.61 Å². The molecule has 8 nitrogen and oxygen atoms in total. The standard InChI is InChI=1S/C26H26N4O4/c1-17-10-11-18(2)23(13-17)34-16-24(31)28-29-26(32)21-8-4-5-9-22(21)33-15-20-14-30-12-6-7-19(3)25(30)27-20/h4-14H,15-16H2,1-3H3,(H,28,31)(H,29,32). The van der Waals surface area contributed by atoms with Crippen molar-refractivity contribution in [3.63, 3.8) is 0 Å². The van der Waals surface area contributed by atoms with Crippen molar-refractivity contribution in [2.75, 3.05) is 6.61 Å². The van der Waals surface area contributed by atoms with E-state index in [9.17, 15) is 9.59 Å². The molecule has 0 atom stereocenters. The fourth-order valence-corrected chi connectivity index (χ4v) is 3.44. The number of aromatic nitrogens is 2. The Balaban J connectivity index is 1.34. The number of amides is 2. The number of para-hydroxylation sites is 1. The zero-order chi connectivity index (χ0) is 24.1. The van der Waals surface area contributed by atoms with Crippen molar-refractivity contribution in [1.29, 1.82) is 0 Å². The van der Waals surface area contributed by atoms with Crippen LogP contribution in [0, 0.1) is 20.8 Å². The molecule has 4 rings (SSSR count). The average Bonchev–Trinajstić information content (AvgIpc) is 3.26. The van der Waals surface area contributed by atoms with Crippen LogP contribution in [-0.2, 0) is 11.4 Å². The average molecular weight is 459 g/mol. The van der Waals surface area contributed by atoms with Crippen molar-refractivity contribution in [3.8, 4) is 11.5 Å². The van der Waals surface area contributed by atoms with E-state index >= 15 is 0 Å². The Labute approximate surface area is 197 Å². The van der Waals surface area contributed by atoms with Crippen LogP contribution in [0.25, 0.3) is 5.65 Å². The van der Waals surface area contributed by atoms with Crippen LogP contribution in [0.1, 0.15) is 32.7 Å². The van der Waals surface area contributed by atoms with Gasteiger partial charge >= 0.3 is 0 Å². The molecule has 0 aliphatic rings. The molecule has 2 amide bonds. The Morgan fingerprint density at radius 2 is 1.74 bits per heavy atom. The fraction of sp³-hybridized carbons (Fsp3) is 0.192. The molecule has 2 aromatic carbocycles. The summed E-state index contributed by atoms with van der Waals surface area (Å²) in [4.78, 5) is 29.4. The zero-order valence-electron chi connectivity index (χ0n) is 19.3. The summed E-state index contributed by atoms with van der Waals surface area (Å²) in [5.41, 5.74) is 9.69. The number of nitrogens with one attached hydrogen (secondary N) is 2. The zero-order valence-corrected chi connectivity index (χ0v) is 19.3. The highest BCUT2D eigenvalue weighted by Gasteiger charge is 2.14. The minimum Gasteiger partial charge on any atom is -0.486 e. The minimum absolute atomic E-state index is 0.196. The predicted molar refractivity (Wildman–Crippen MR) is 128 cm³/mol. The van der Waals surface area contributed by atoms with Gasteiger partial charge < -0.3 is 13.9 Å². The first-order valence-corrected chi connectivity index (χ1v) is 10.8. The van der Waals surface area contributed by atoms with Crippen LogP contribution >= 0.6 is 0 Å². The molecule has 0 bridgehead atoms. The number of hydrogen-bond donors (Lipinski definition) is 2. The molecule has 0 saturated heterocycles. The van der Waals surface area contributed by atoms with Crippen molar-refractivity contribution in [2.24, 2.45) is 0 Å². The van der Waals surface area contributed by atoms with Gasteiger partial charge in [-0.1, -0.05) is 30.3 Å². The number of pyridine rings is 1. The van der Waals surface area contributed by atoms with Crippen LogP contribution < -0.4 is 20.3 Å². The maximum atomic E-state index is 12.7. The Morgan fingerprint density at radius 1 is 0.912 bits per heavy atom. The number of hydrogen-bond acceptors (Lipinski definition) is 5. The number of ether oxygens (including phenoxy) is 2. The van der Waals surface area contributed by atoms with Crippen LogP contribution in [0.2, 0.25) is 0 Å². The molecule has 2 aromatic heterocycles. The van der Waals surface area contributed by atoms with Crippen molar-refractivity contribution >= 4 is 17.5 Å². The number of fused-ring (bicyclic) bond motifs is 1. The fourth-order valence-electron chi connectivity index (χ4n) is 3.44. The van der Waals surface area contributed by atoms with Gasteiger partial charge in [0.25, 0.3) is 11.8 Å². The largest absolute Gasteiger partial charge is 0.486 e. The van der Waals surface area contributed by atoms with Gasteiger partial charge in [0.1, 0.15) is 23.8 Å². The van der Waals surface area contributed by atoms with E-state index in [0.29, 0.717) is 11.5 Å². The Kier molecular flexibility index (Phi) is 6.77. The van der Waals surface area contributed by atoms with Crippen molar-refractivity contribution in [2.45, 2.75) is 27.4 Å². The highest BCUT2D eigenvalue weighted by molar-refractivity contribution is 5.97. The van der Waals surface area contributed by atoms with Crippen LogP contribution in [0.15, 0.2) is 67.0 Å². The van der Waals surface area contributed by atoms with Crippen LogP contribution in [0.5, 0.6) is 11.5 Å². The highest BCUT2D eigenvalue weighted by atomic mass is 16.5. The highest BCUT2D eigenvalue weighted by Crippen LogP contribution is 2.20. The predicted octanol–water partition coefficient (Wildman–Crippen LogP) is 3.68. The summed E-state index contributed by atoms with van der Waals surface area (Å²) in [6, 6.07) is 16.5. The smallest absolute Gasteiger partial charge is 0.276 e. The second kappa shape index (κ2) is 10.1. The summed E-state index contributed by atoms with van der Waals surface area (Å²) in [5.74, 6) is 0.0336. The van der Waals surface area contributed by atoms with Gasteiger partial charge in [0.05, 0.1) is 11.3 Å². The second-order valence-electron chi connectivity index (χ2n) is 8.00. The van der Waals surface area contributed by atoms with E-state index in [-0.39, 0.29) is 18.8 Å². The Hall–Kier alpha value is -4.33. The van der Waals surface area contributed by atoms with Crippen molar-refractivity contribution in [3.05, 3.63) is 94.9 Å². The molecule has 0 spiro atoms. The van der Waals surface area contributed by atoms with Crippen LogP contribution in [0.4, 0.5) is 0 Å². The molecule has 0 aliphatic carbocycles. The third kappa shape index (κ3) is 5.35. The molecule has 4 aromatic rings. The SMILES string of the molecule is Cc1ccc(C)c(OCC(=O)NNC(=O)c2ccccc2OCc2cn3cccc(C)c3n2)c1. The molecule has 0 radical (unpaired) electrons. The summed E-state index contributed by atoms with van der Waals surface area (Å²) in [6.45, 7) is 5.81. The number of benzene rings is 2. The van der Waals surface area contributed by atoms with E-state index in [0.717, 1.165) is 28.0 Å². The molecule has 34 heavy (non-hydrogen) atoms. The lowest BCUT2D eigenvalue weighted by atomic mass is 10.1. The molecule has 2 heterocycles. The van der Waals surface area contributed by atoms with Gasteiger partial charge in [-0.15, -0.1) is 0 Å². The van der Waals surface area contributed by atoms with E-state index in [1.165, 1.54) is 0 Å². The first-order valence-electron chi connectivity index (χ1n) is 10.8. The second-order valence-corrected chi connectivity index (χ2v) is 8.00. The summed E-state index contributed by atoms with van der Waals surface area (Å²) in [5, 5.41) is 0.